The first-order valence-corrected chi connectivity index (χ1v) is 12.2. The van der Waals surface area contributed by atoms with E-state index in [1.807, 2.05) is 12.3 Å². The normalized spacial score (nSPS) is 25.7. The monoisotopic (exact) mass is 439 g/mol. The molecule has 2 aromatic heterocycles. The lowest BCUT2D eigenvalue weighted by Crippen LogP contribution is -2.43. The van der Waals surface area contributed by atoms with Crippen molar-refractivity contribution in [3.63, 3.8) is 0 Å². The van der Waals surface area contributed by atoms with E-state index >= 15 is 0 Å². The number of nitrogens with one attached hydrogen (secondary N) is 1. The molecule has 166 valence electrons. The number of thiocarbonyl (C=S) groups is 1. The van der Waals surface area contributed by atoms with E-state index in [1.165, 1.54) is 37.8 Å². The van der Waals surface area contributed by atoms with Crippen LogP contribution < -0.4 is 5.32 Å². The number of rotatable bonds is 6. The van der Waals surface area contributed by atoms with Crippen molar-refractivity contribution in [1.82, 2.24) is 24.7 Å². The Morgan fingerprint density at radius 1 is 1.03 bits per heavy atom. The molecular formula is C24H33N5OS. The van der Waals surface area contributed by atoms with Crippen LogP contribution in [-0.2, 0) is 4.74 Å². The first-order valence-electron chi connectivity index (χ1n) is 11.8. The highest BCUT2D eigenvalue weighted by atomic mass is 32.1. The van der Waals surface area contributed by atoms with Crippen LogP contribution in [0.25, 0.3) is 0 Å². The zero-order chi connectivity index (χ0) is 21.0. The van der Waals surface area contributed by atoms with Crippen LogP contribution in [0.5, 0.6) is 0 Å². The maximum Gasteiger partial charge on any atom is 0.170 e. The van der Waals surface area contributed by atoms with Gasteiger partial charge in [0.25, 0.3) is 0 Å². The molecule has 2 saturated heterocycles. The molecule has 7 heteroatoms. The zero-order valence-electron chi connectivity index (χ0n) is 18.2. The van der Waals surface area contributed by atoms with Crippen molar-refractivity contribution < 1.29 is 4.74 Å². The third-order valence-electron chi connectivity index (χ3n) is 7.04. The molecule has 1 saturated carbocycles. The summed E-state index contributed by atoms with van der Waals surface area (Å²) in [7, 11) is 0. The summed E-state index contributed by atoms with van der Waals surface area (Å²) in [4.78, 5) is 9.58. The minimum Gasteiger partial charge on any atom is -0.379 e. The van der Waals surface area contributed by atoms with Crippen molar-refractivity contribution in [2.45, 2.75) is 50.2 Å². The van der Waals surface area contributed by atoms with Crippen LogP contribution in [0.1, 0.15) is 61.6 Å². The lowest BCUT2D eigenvalue weighted by atomic mass is 9.94. The minimum atomic E-state index is 0.0654. The molecule has 1 N–H and O–H groups in total. The van der Waals surface area contributed by atoms with Crippen molar-refractivity contribution in [3.8, 4) is 0 Å². The van der Waals surface area contributed by atoms with Gasteiger partial charge in [0.15, 0.2) is 5.11 Å². The Bertz CT molecular complexity index is 860. The number of morpholine rings is 1. The molecule has 6 nitrogen and oxygen atoms in total. The lowest BCUT2D eigenvalue weighted by molar-refractivity contribution is 0.0349. The second-order valence-electron chi connectivity index (χ2n) is 8.91. The Kier molecular flexibility index (Phi) is 6.53. The SMILES string of the molecule is S=C1NC(c2ccccn2)C(c2cccn2C2CCCCC2)N1CCN1CCOCC1. The van der Waals surface area contributed by atoms with Gasteiger partial charge >= 0.3 is 0 Å². The molecule has 2 atom stereocenters. The van der Waals surface area contributed by atoms with E-state index in [0.717, 1.165) is 50.2 Å². The predicted molar refractivity (Wildman–Crippen MR) is 126 cm³/mol. The van der Waals surface area contributed by atoms with Crippen molar-refractivity contribution in [1.29, 1.82) is 0 Å². The number of hydrogen-bond acceptors (Lipinski definition) is 4. The van der Waals surface area contributed by atoms with E-state index < -0.39 is 0 Å². The molecule has 2 aromatic rings. The molecular weight excluding hydrogens is 406 g/mol. The highest BCUT2D eigenvalue weighted by Crippen LogP contribution is 2.41. The van der Waals surface area contributed by atoms with Gasteiger partial charge in [-0.3, -0.25) is 9.88 Å². The molecule has 2 aliphatic heterocycles. The van der Waals surface area contributed by atoms with Crippen molar-refractivity contribution >= 4 is 17.3 Å². The Morgan fingerprint density at radius 2 is 1.87 bits per heavy atom. The largest absolute Gasteiger partial charge is 0.379 e. The molecule has 3 aliphatic rings. The molecule has 2 unspecified atom stereocenters. The van der Waals surface area contributed by atoms with E-state index in [-0.39, 0.29) is 12.1 Å². The number of ether oxygens (including phenoxy) is 1. The molecule has 0 radical (unpaired) electrons. The molecule has 0 aromatic carbocycles. The van der Waals surface area contributed by atoms with E-state index in [0.29, 0.717) is 6.04 Å². The summed E-state index contributed by atoms with van der Waals surface area (Å²) in [5.41, 5.74) is 2.41. The maximum atomic E-state index is 5.87. The van der Waals surface area contributed by atoms with Gasteiger partial charge in [0, 0.05) is 50.3 Å². The van der Waals surface area contributed by atoms with Crippen LogP contribution in [0.3, 0.4) is 0 Å². The van der Waals surface area contributed by atoms with E-state index in [9.17, 15) is 0 Å². The summed E-state index contributed by atoms with van der Waals surface area (Å²) in [5.74, 6) is 0. The summed E-state index contributed by atoms with van der Waals surface area (Å²) < 4.78 is 8.06. The highest BCUT2D eigenvalue weighted by molar-refractivity contribution is 7.80. The standard InChI is InChI=1S/C24H33N5OS/c31-24-26-22(20-9-4-5-11-25-20)23(29(24)14-13-27-15-17-30-18-16-27)21-10-6-12-28(21)19-7-2-1-3-8-19/h4-6,9-12,19,22-23H,1-3,7-8,13-18H2,(H,26,31). The first-order chi connectivity index (χ1) is 15.3. The van der Waals surface area contributed by atoms with Gasteiger partial charge in [-0.25, -0.2) is 0 Å². The fourth-order valence-corrected chi connectivity index (χ4v) is 5.72. The topological polar surface area (TPSA) is 45.6 Å². The fraction of sp³-hybridized carbons (Fsp3) is 0.583. The van der Waals surface area contributed by atoms with Crippen molar-refractivity contribution in [2.24, 2.45) is 0 Å². The van der Waals surface area contributed by atoms with Crippen molar-refractivity contribution in [2.75, 3.05) is 39.4 Å². The molecule has 0 bridgehead atoms. The Morgan fingerprint density at radius 3 is 2.65 bits per heavy atom. The second-order valence-corrected chi connectivity index (χ2v) is 9.29. The Hall–Kier alpha value is -1.96. The smallest absolute Gasteiger partial charge is 0.170 e. The summed E-state index contributed by atoms with van der Waals surface area (Å²) in [6.45, 7) is 5.57. The molecule has 0 amide bonds. The van der Waals surface area contributed by atoms with Crippen LogP contribution in [0, 0.1) is 0 Å². The third-order valence-corrected chi connectivity index (χ3v) is 7.39. The molecule has 4 heterocycles. The van der Waals surface area contributed by atoms with E-state index in [1.54, 1.807) is 0 Å². The number of nitrogens with zero attached hydrogens (tertiary/aromatic N) is 4. The van der Waals surface area contributed by atoms with Gasteiger partial charge in [-0.15, -0.1) is 0 Å². The van der Waals surface area contributed by atoms with Gasteiger partial charge in [0.2, 0.25) is 0 Å². The predicted octanol–water partition coefficient (Wildman–Crippen LogP) is 3.69. The van der Waals surface area contributed by atoms with Crippen LogP contribution >= 0.6 is 12.2 Å². The summed E-state index contributed by atoms with van der Waals surface area (Å²) in [6.07, 6.45) is 10.7. The first kappa shape index (κ1) is 20.9. The fourth-order valence-electron chi connectivity index (χ4n) is 5.39. The molecule has 31 heavy (non-hydrogen) atoms. The molecule has 0 spiro atoms. The summed E-state index contributed by atoms with van der Waals surface area (Å²) >= 11 is 5.87. The summed E-state index contributed by atoms with van der Waals surface area (Å²) in [5, 5.41) is 4.45. The van der Waals surface area contributed by atoms with Gasteiger partial charge in [-0.1, -0.05) is 25.3 Å². The van der Waals surface area contributed by atoms with Gasteiger partial charge in [0.05, 0.1) is 31.0 Å². The maximum absolute atomic E-state index is 5.87. The average molecular weight is 440 g/mol. The minimum absolute atomic E-state index is 0.0654. The second kappa shape index (κ2) is 9.67. The van der Waals surface area contributed by atoms with Gasteiger partial charge in [-0.05, 0) is 49.3 Å². The number of hydrogen-bond donors (Lipinski definition) is 1. The number of aromatic nitrogens is 2. The van der Waals surface area contributed by atoms with Gasteiger partial charge in [-0.2, -0.15) is 0 Å². The van der Waals surface area contributed by atoms with Crippen LogP contribution in [0.4, 0.5) is 0 Å². The molecule has 3 fully saturated rings. The molecule has 5 rings (SSSR count). The lowest BCUT2D eigenvalue weighted by Gasteiger charge is -2.34. The van der Waals surface area contributed by atoms with Crippen LogP contribution in [0.15, 0.2) is 42.7 Å². The summed E-state index contributed by atoms with van der Waals surface area (Å²) in [6, 6.07) is 11.5. The number of pyridine rings is 1. The highest BCUT2D eigenvalue weighted by Gasteiger charge is 2.41. The van der Waals surface area contributed by atoms with Gasteiger partial charge in [0.1, 0.15) is 0 Å². The quantitative estimate of drug-likeness (QED) is 0.693. The van der Waals surface area contributed by atoms with E-state index in [4.69, 9.17) is 21.9 Å². The Labute approximate surface area is 190 Å². The average Bonchev–Trinajstić information content (AvgIpc) is 3.44. The third kappa shape index (κ3) is 4.49. The van der Waals surface area contributed by atoms with Gasteiger partial charge < -0.3 is 19.5 Å². The van der Waals surface area contributed by atoms with Crippen LogP contribution in [-0.4, -0.2) is 63.9 Å². The van der Waals surface area contributed by atoms with Crippen LogP contribution in [0.2, 0.25) is 0 Å². The van der Waals surface area contributed by atoms with Crippen molar-refractivity contribution in [3.05, 3.63) is 54.1 Å². The van der Waals surface area contributed by atoms with E-state index in [2.05, 4.69) is 50.1 Å². The zero-order valence-corrected chi connectivity index (χ0v) is 19.0. The molecule has 1 aliphatic carbocycles. The Balaban J connectivity index is 1.44.